The summed E-state index contributed by atoms with van der Waals surface area (Å²) in [5.41, 5.74) is -2.25. The number of nitrogens with zero attached hydrogens (tertiary/aromatic N) is 6. The van der Waals surface area contributed by atoms with E-state index in [1.54, 1.807) is 12.3 Å². The predicted molar refractivity (Wildman–Crippen MR) is 116 cm³/mol. The first-order valence-corrected chi connectivity index (χ1v) is 10.6. The zero-order valence-corrected chi connectivity index (χ0v) is 18.3. The third kappa shape index (κ3) is 6.66. The summed E-state index contributed by atoms with van der Waals surface area (Å²) in [6, 6.07) is 5.68. The highest BCUT2D eigenvalue weighted by Gasteiger charge is 2.38. The van der Waals surface area contributed by atoms with Crippen molar-refractivity contribution >= 4 is 11.5 Å². The van der Waals surface area contributed by atoms with E-state index in [9.17, 15) is 18.0 Å². The van der Waals surface area contributed by atoms with Gasteiger partial charge in [-0.2, -0.15) is 23.5 Å². The van der Waals surface area contributed by atoms with E-state index >= 15 is 0 Å². The second-order valence-electron chi connectivity index (χ2n) is 7.69. The molecule has 1 aliphatic rings. The standard InChI is InChI=1S/C21H26F3N7O2/c1-29(17-15-27-28-20(32)19(17)21(22,23)24)10-12-33-11-2-5-30-6-8-31(9-7-30)18-4-3-16(13-25)14-26-18/h3-4,14-15H,2,5-12H2,1H3,(H,28,32). The lowest BCUT2D eigenvalue weighted by molar-refractivity contribution is -0.138. The van der Waals surface area contributed by atoms with Gasteiger partial charge in [0.2, 0.25) is 0 Å². The molecule has 0 aromatic carbocycles. The van der Waals surface area contributed by atoms with Crippen molar-refractivity contribution in [2.75, 3.05) is 69.3 Å². The molecular weight excluding hydrogens is 439 g/mol. The Morgan fingerprint density at radius 1 is 1.21 bits per heavy atom. The number of anilines is 2. The number of rotatable bonds is 9. The van der Waals surface area contributed by atoms with Crippen molar-refractivity contribution in [1.82, 2.24) is 20.1 Å². The summed E-state index contributed by atoms with van der Waals surface area (Å²) in [4.78, 5) is 21.7. The molecule has 1 saturated heterocycles. The molecule has 0 spiro atoms. The summed E-state index contributed by atoms with van der Waals surface area (Å²) in [5, 5.41) is 14.2. The number of aromatic amines is 1. The van der Waals surface area contributed by atoms with Crippen LogP contribution in [0.15, 0.2) is 29.3 Å². The molecule has 0 unspecified atom stereocenters. The first-order valence-electron chi connectivity index (χ1n) is 10.6. The number of pyridine rings is 1. The van der Waals surface area contributed by atoms with Crippen molar-refractivity contribution in [3.05, 3.63) is 46.0 Å². The quantitative estimate of drug-likeness (QED) is 0.559. The number of ether oxygens (including phenoxy) is 1. The van der Waals surface area contributed by atoms with Crippen molar-refractivity contribution in [1.29, 1.82) is 5.26 Å². The summed E-state index contributed by atoms with van der Waals surface area (Å²) in [7, 11) is 1.47. The third-order valence-electron chi connectivity index (χ3n) is 5.44. The van der Waals surface area contributed by atoms with Crippen LogP contribution in [0.5, 0.6) is 0 Å². The topological polar surface area (TPSA) is 101 Å². The van der Waals surface area contributed by atoms with Crippen LogP contribution in [0.4, 0.5) is 24.7 Å². The second kappa shape index (κ2) is 11.1. The van der Waals surface area contributed by atoms with Gasteiger partial charge in [-0.1, -0.05) is 0 Å². The predicted octanol–water partition coefficient (Wildman–Crippen LogP) is 1.72. The molecule has 0 atom stereocenters. The first kappa shape index (κ1) is 24.5. The average molecular weight is 465 g/mol. The monoisotopic (exact) mass is 465 g/mol. The van der Waals surface area contributed by atoms with Gasteiger partial charge in [0.25, 0.3) is 5.56 Å². The lowest BCUT2D eigenvalue weighted by Gasteiger charge is -2.35. The number of aromatic nitrogens is 3. The van der Waals surface area contributed by atoms with E-state index < -0.39 is 17.3 Å². The van der Waals surface area contributed by atoms with Crippen LogP contribution in [0.25, 0.3) is 0 Å². The number of likely N-dealkylation sites (N-methyl/N-ethyl adjacent to an activating group) is 1. The van der Waals surface area contributed by atoms with Gasteiger partial charge < -0.3 is 14.5 Å². The number of nitriles is 1. The van der Waals surface area contributed by atoms with Crippen molar-refractivity contribution in [2.24, 2.45) is 0 Å². The maximum absolute atomic E-state index is 13.2. The van der Waals surface area contributed by atoms with E-state index in [2.05, 4.69) is 26.0 Å². The summed E-state index contributed by atoms with van der Waals surface area (Å²) in [6.45, 7) is 5.25. The highest BCUT2D eigenvalue weighted by molar-refractivity contribution is 5.51. The summed E-state index contributed by atoms with van der Waals surface area (Å²) >= 11 is 0. The molecule has 1 aliphatic heterocycles. The van der Waals surface area contributed by atoms with Crippen LogP contribution < -0.4 is 15.4 Å². The fourth-order valence-electron chi connectivity index (χ4n) is 3.61. The molecule has 3 rings (SSSR count). The molecule has 178 valence electrons. The Morgan fingerprint density at radius 3 is 2.61 bits per heavy atom. The Hall–Kier alpha value is -3.17. The SMILES string of the molecule is CN(CCOCCCN1CCN(c2ccc(C#N)cn2)CC1)c1cn[nH]c(=O)c1C(F)(F)F. The number of hydrogen-bond donors (Lipinski definition) is 1. The lowest BCUT2D eigenvalue weighted by atomic mass is 10.2. The van der Waals surface area contributed by atoms with Gasteiger partial charge in [-0.3, -0.25) is 9.69 Å². The summed E-state index contributed by atoms with van der Waals surface area (Å²) in [6.07, 6.45) is -1.38. The van der Waals surface area contributed by atoms with Gasteiger partial charge in [0.05, 0.1) is 24.1 Å². The Bertz CT molecular complexity index is 997. The van der Waals surface area contributed by atoms with E-state index in [-0.39, 0.29) is 18.8 Å². The maximum atomic E-state index is 13.2. The molecule has 3 heterocycles. The van der Waals surface area contributed by atoms with Gasteiger partial charge in [0, 0.05) is 59.1 Å². The van der Waals surface area contributed by atoms with E-state index in [0.717, 1.165) is 51.2 Å². The van der Waals surface area contributed by atoms with Crippen LogP contribution in [-0.2, 0) is 10.9 Å². The zero-order chi connectivity index (χ0) is 23.8. The number of halogens is 3. The number of alkyl halides is 3. The fourth-order valence-corrected chi connectivity index (χ4v) is 3.61. The number of nitrogens with one attached hydrogen (secondary N) is 1. The highest BCUT2D eigenvalue weighted by Crippen LogP contribution is 2.32. The minimum absolute atomic E-state index is 0.199. The third-order valence-corrected chi connectivity index (χ3v) is 5.44. The van der Waals surface area contributed by atoms with Gasteiger partial charge in [0.1, 0.15) is 17.5 Å². The molecule has 12 heteroatoms. The molecule has 1 fully saturated rings. The van der Waals surface area contributed by atoms with Gasteiger partial charge in [0.15, 0.2) is 0 Å². The molecule has 0 bridgehead atoms. The van der Waals surface area contributed by atoms with Crippen LogP contribution in [0.1, 0.15) is 17.5 Å². The number of piperazine rings is 1. The van der Waals surface area contributed by atoms with Crippen molar-refractivity contribution in [3.63, 3.8) is 0 Å². The van der Waals surface area contributed by atoms with Gasteiger partial charge in [-0.25, -0.2) is 10.1 Å². The van der Waals surface area contributed by atoms with E-state index in [4.69, 9.17) is 10.00 Å². The molecule has 0 amide bonds. The Kier molecular flexibility index (Phi) is 8.24. The maximum Gasteiger partial charge on any atom is 0.423 e. The number of hydrogen-bond acceptors (Lipinski definition) is 8. The van der Waals surface area contributed by atoms with Gasteiger partial charge >= 0.3 is 6.18 Å². The van der Waals surface area contributed by atoms with Crippen molar-refractivity contribution in [3.8, 4) is 6.07 Å². The Labute approximate surface area is 189 Å². The molecule has 9 nitrogen and oxygen atoms in total. The molecule has 0 aliphatic carbocycles. The van der Waals surface area contributed by atoms with Gasteiger partial charge in [-0.15, -0.1) is 0 Å². The van der Waals surface area contributed by atoms with Crippen LogP contribution >= 0.6 is 0 Å². The number of H-pyrrole nitrogens is 1. The van der Waals surface area contributed by atoms with Crippen molar-refractivity contribution < 1.29 is 17.9 Å². The Balaban J connectivity index is 1.34. The van der Waals surface area contributed by atoms with E-state index in [1.807, 2.05) is 11.2 Å². The van der Waals surface area contributed by atoms with Crippen LogP contribution in [0.3, 0.4) is 0 Å². The lowest BCUT2D eigenvalue weighted by Crippen LogP contribution is -2.47. The zero-order valence-electron chi connectivity index (χ0n) is 18.3. The second-order valence-corrected chi connectivity index (χ2v) is 7.69. The smallest absolute Gasteiger partial charge is 0.380 e. The molecule has 0 radical (unpaired) electrons. The summed E-state index contributed by atoms with van der Waals surface area (Å²) in [5.74, 6) is 0.866. The average Bonchev–Trinajstić information content (AvgIpc) is 2.80. The fraction of sp³-hybridized carbons (Fsp3) is 0.524. The van der Waals surface area contributed by atoms with Crippen LogP contribution in [0.2, 0.25) is 0 Å². The molecule has 1 N–H and O–H groups in total. The largest absolute Gasteiger partial charge is 0.423 e. The molecule has 33 heavy (non-hydrogen) atoms. The normalized spacial score (nSPS) is 14.8. The van der Waals surface area contributed by atoms with Crippen molar-refractivity contribution in [2.45, 2.75) is 12.6 Å². The first-order chi connectivity index (χ1) is 15.8. The van der Waals surface area contributed by atoms with E-state index in [0.29, 0.717) is 12.2 Å². The van der Waals surface area contributed by atoms with E-state index in [1.165, 1.54) is 11.9 Å². The molecule has 2 aromatic rings. The molecule has 2 aromatic heterocycles. The Morgan fingerprint density at radius 2 is 1.97 bits per heavy atom. The summed E-state index contributed by atoms with van der Waals surface area (Å²) < 4.78 is 45.1. The van der Waals surface area contributed by atoms with Crippen LogP contribution in [0, 0.1) is 11.3 Å². The molecule has 0 saturated carbocycles. The highest BCUT2D eigenvalue weighted by atomic mass is 19.4. The van der Waals surface area contributed by atoms with Crippen LogP contribution in [-0.4, -0.2) is 79.6 Å². The minimum atomic E-state index is -4.76. The minimum Gasteiger partial charge on any atom is -0.380 e. The van der Waals surface area contributed by atoms with Gasteiger partial charge in [-0.05, 0) is 18.6 Å². The molecular formula is C21H26F3N7O2.